The standard InChI is InChI=1S/C13H18O5/c1-9(15)18-8-10(7-14)12-5-4-11(16-2)6-13(12)17-3/h4-6,10,14H,7-8H2,1-3H3. The quantitative estimate of drug-likeness (QED) is 0.776. The van der Waals surface area contributed by atoms with Crippen LogP contribution in [0.25, 0.3) is 0 Å². The Labute approximate surface area is 106 Å². The molecule has 5 heteroatoms. The Bertz CT molecular complexity index is 402. The zero-order valence-corrected chi connectivity index (χ0v) is 10.8. The number of hydrogen-bond donors (Lipinski definition) is 1. The summed E-state index contributed by atoms with van der Waals surface area (Å²) in [4.78, 5) is 10.8. The molecule has 0 radical (unpaired) electrons. The number of benzene rings is 1. The molecular formula is C13H18O5. The molecule has 0 fully saturated rings. The summed E-state index contributed by atoms with van der Waals surface area (Å²) in [5.74, 6) is 0.580. The van der Waals surface area contributed by atoms with Crippen LogP contribution in [0.4, 0.5) is 0 Å². The molecule has 1 aromatic rings. The Hall–Kier alpha value is -1.75. The normalized spacial score (nSPS) is 11.8. The van der Waals surface area contributed by atoms with Crippen LogP contribution in [0.3, 0.4) is 0 Å². The van der Waals surface area contributed by atoms with E-state index in [0.717, 1.165) is 5.56 Å². The van der Waals surface area contributed by atoms with E-state index >= 15 is 0 Å². The van der Waals surface area contributed by atoms with E-state index in [4.69, 9.17) is 14.2 Å². The van der Waals surface area contributed by atoms with Crippen molar-refractivity contribution in [2.24, 2.45) is 0 Å². The average Bonchev–Trinajstić information content (AvgIpc) is 2.39. The number of methoxy groups -OCH3 is 2. The number of hydrogen-bond acceptors (Lipinski definition) is 5. The van der Waals surface area contributed by atoms with Crippen LogP contribution in [0.5, 0.6) is 11.5 Å². The predicted octanol–water partition coefficient (Wildman–Crippen LogP) is 1.34. The predicted molar refractivity (Wildman–Crippen MR) is 66.0 cm³/mol. The maximum absolute atomic E-state index is 10.8. The number of aliphatic hydroxyl groups is 1. The molecule has 18 heavy (non-hydrogen) atoms. The second-order valence-corrected chi connectivity index (χ2v) is 3.79. The second kappa shape index (κ2) is 6.86. The van der Waals surface area contributed by atoms with Gasteiger partial charge in [0, 0.05) is 24.5 Å². The number of esters is 1. The molecule has 1 unspecified atom stereocenters. The highest BCUT2D eigenvalue weighted by Crippen LogP contribution is 2.30. The summed E-state index contributed by atoms with van der Waals surface area (Å²) in [6.45, 7) is 1.32. The molecule has 0 saturated heterocycles. The lowest BCUT2D eigenvalue weighted by Crippen LogP contribution is -2.15. The van der Waals surface area contributed by atoms with Crippen LogP contribution in [0.2, 0.25) is 0 Å². The van der Waals surface area contributed by atoms with Gasteiger partial charge in [0.05, 0.1) is 20.8 Å². The van der Waals surface area contributed by atoms with Crippen molar-refractivity contribution in [3.8, 4) is 11.5 Å². The van der Waals surface area contributed by atoms with Crippen molar-refractivity contribution in [3.63, 3.8) is 0 Å². The number of carbonyl (C=O) groups excluding carboxylic acids is 1. The van der Waals surface area contributed by atoms with Gasteiger partial charge in [-0.05, 0) is 6.07 Å². The van der Waals surface area contributed by atoms with Crippen molar-refractivity contribution in [3.05, 3.63) is 23.8 Å². The summed E-state index contributed by atoms with van der Waals surface area (Å²) in [5, 5.41) is 9.36. The first-order chi connectivity index (χ1) is 8.62. The zero-order chi connectivity index (χ0) is 13.5. The summed E-state index contributed by atoms with van der Waals surface area (Å²) >= 11 is 0. The summed E-state index contributed by atoms with van der Waals surface area (Å²) in [6, 6.07) is 5.29. The molecular weight excluding hydrogens is 236 g/mol. The van der Waals surface area contributed by atoms with Crippen molar-refractivity contribution < 1.29 is 24.1 Å². The first-order valence-electron chi connectivity index (χ1n) is 5.58. The fourth-order valence-corrected chi connectivity index (χ4v) is 1.61. The molecule has 0 aromatic heterocycles. The van der Waals surface area contributed by atoms with Gasteiger partial charge in [-0.25, -0.2) is 0 Å². The molecule has 1 atom stereocenters. The minimum Gasteiger partial charge on any atom is -0.497 e. The molecule has 0 aliphatic carbocycles. The van der Waals surface area contributed by atoms with Gasteiger partial charge in [0.15, 0.2) is 0 Å². The van der Waals surface area contributed by atoms with Crippen LogP contribution in [0, 0.1) is 0 Å². The van der Waals surface area contributed by atoms with Gasteiger partial charge >= 0.3 is 5.97 Å². The van der Waals surface area contributed by atoms with E-state index in [0.29, 0.717) is 11.5 Å². The molecule has 0 bridgehead atoms. The van der Waals surface area contributed by atoms with Crippen molar-refractivity contribution >= 4 is 5.97 Å². The third-order valence-electron chi connectivity index (χ3n) is 2.59. The molecule has 0 aliphatic heterocycles. The van der Waals surface area contributed by atoms with Gasteiger partial charge in [0.2, 0.25) is 0 Å². The molecule has 1 aromatic carbocycles. The minimum atomic E-state index is -0.374. The lowest BCUT2D eigenvalue weighted by atomic mass is 9.99. The summed E-state index contributed by atoms with van der Waals surface area (Å²) in [5.41, 5.74) is 0.780. The molecule has 0 saturated carbocycles. The lowest BCUT2D eigenvalue weighted by molar-refractivity contribution is -0.141. The smallest absolute Gasteiger partial charge is 0.302 e. The second-order valence-electron chi connectivity index (χ2n) is 3.79. The molecule has 1 rings (SSSR count). The highest BCUT2D eigenvalue weighted by Gasteiger charge is 2.17. The Balaban J connectivity index is 2.93. The van der Waals surface area contributed by atoms with Crippen molar-refractivity contribution in [2.75, 3.05) is 27.4 Å². The van der Waals surface area contributed by atoms with Gasteiger partial charge in [0.25, 0.3) is 0 Å². The van der Waals surface area contributed by atoms with E-state index in [-0.39, 0.29) is 25.1 Å². The van der Waals surface area contributed by atoms with Crippen LogP contribution < -0.4 is 9.47 Å². The minimum absolute atomic E-state index is 0.120. The van der Waals surface area contributed by atoms with Crippen LogP contribution in [0.1, 0.15) is 18.4 Å². The zero-order valence-electron chi connectivity index (χ0n) is 10.8. The third kappa shape index (κ3) is 3.63. The van der Waals surface area contributed by atoms with Crippen LogP contribution in [0.15, 0.2) is 18.2 Å². The maximum Gasteiger partial charge on any atom is 0.302 e. The number of aliphatic hydroxyl groups excluding tert-OH is 1. The monoisotopic (exact) mass is 254 g/mol. The Kier molecular flexibility index (Phi) is 5.45. The van der Waals surface area contributed by atoms with Gasteiger partial charge in [0.1, 0.15) is 18.1 Å². The van der Waals surface area contributed by atoms with E-state index in [1.54, 1.807) is 32.4 Å². The van der Waals surface area contributed by atoms with E-state index < -0.39 is 0 Å². The fourth-order valence-electron chi connectivity index (χ4n) is 1.61. The lowest BCUT2D eigenvalue weighted by Gasteiger charge is -2.18. The van der Waals surface area contributed by atoms with Gasteiger partial charge in [-0.15, -0.1) is 0 Å². The first kappa shape index (κ1) is 14.3. The number of carbonyl (C=O) groups is 1. The largest absolute Gasteiger partial charge is 0.497 e. The molecule has 0 heterocycles. The fraction of sp³-hybridized carbons (Fsp3) is 0.462. The van der Waals surface area contributed by atoms with E-state index in [1.165, 1.54) is 6.92 Å². The number of rotatable bonds is 6. The maximum atomic E-state index is 10.8. The van der Waals surface area contributed by atoms with Crippen LogP contribution in [-0.2, 0) is 9.53 Å². The molecule has 5 nitrogen and oxygen atoms in total. The van der Waals surface area contributed by atoms with E-state index in [1.807, 2.05) is 0 Å². The first-order valence-corrected chi connectivity index (χ1v) is 5.58. The van der Waals surface area contributed by atoms with Crippen molar-refractivity contribution in [1.29, 1.82) is 0 Å². The third-order valence-corrected chi connectivity index (χ3v) is 2.59. The van der Waals surface area contributed by atoms with Gasteiger partial charge in [-0.1, -0.05) is 6.07 Å². The topological polar surface area (TPSA) is 65.0 Å². The van der Waals surface area contributed by atoms with Gasteiger partial charge < -0.3 is 19.3 Å². The average molecular weight is 254 g/mol. The highest BCUT2D eigenvalue weighted by atomic mass is 16.5. The molecule has 0 spiro atoms. The number of ether oxygens (including phenoxy) is 3. The molecule has 0 aliphatic rings. The van der Waals surface area contributed by atoms with Crippen molar-refractivity contribution in [2.45, 2.75) is 12.8 Å². The summed E-state index contributed by atoms with van der Waals surface area (Å²) in [6.07, 6.45) is 0. The van der Waals surface area contributed by atoms with Crippen LogP contribution >= 0.6 is 0 Å². The van der Waals surface area contributed by atoms with E-state index in [2.05, 4.69) is 0 Å². The SMILES string of the molecule is COc1ccc(C(CO)COC(C)=O)c(OC)c1. The molecule has 1 N–H and O–H groups in total. The molecule has 100 valence electrons. The molecule has 0 amide bonds. The van der Waals surface area contributed by atoms with Gasteiger partial charge in [-0.2, -0.15) is 0 Å². The van der Waals surface area contributed by atoms with E-state index in [9.17, 15) is 9.90 Å². The van der Waals surface area contributed by atoms with Gasteiger partial charge in [-0.3, -0.25) is 4.79 Å². The summed E-state index contributed by atoms with van der Waals surface area (Å²) < 4.78 is 15.3. The Morgan fingerprint density at radius 3 is 2.56 bits per heavy atom. The highest BCUT2D eigenvalue weighted by molar-refractivity contribution is 5.66. The van der Waals surface area contributed by atoms with Crippen molar-refractivity contribution in [1.82, 2.24) is 0 Å². The Morgan fingerprint density at radius 1 is 1.33 bits per heavy atom. The van der Waals surface area contributed by atoms with Crippen LogP contribution in [-0.4, -0.2) is 38.5 Å². The Morgan fingerprint density at radius 2 is 2.06 bits per heavy atom. The summed E-state index contributed by atoms with van der Waals surface area (Å²) in [7, 11) is 3.11.